The maximum atomic E-state index is 12.3. The second-order valence-corrected chi connectivity index (χ2v) is 6.35. The van der Waals surface area contributed by atoms with Crippen molar-refractivity contribution in [3.63, 3.8) is 0 Å². The van der Waals surface area contributed by atoms with E-state index < -0.39 is 5.60 Å². The van der Waals surface area contributed by atoms with Crippen molar-refractivity contribution in [1.29, 1.82) is 0 Å². The Morgan fingerprint density at radius 1 is 1.39 bits per heavy atom. The number of urea groups is 1. The number of nitrogens with one attached hydrogen (secondary N) is 1. The summed E-state index contributed by atoms with van der Waals surface area (Å²) in [7, 11) is 1.67. The van der Waals surface area contributed by atoms with Gasteiger partial charge in [-0.05, 0) is 38.5 Å². The molecule has 2 N–H and O–H groups in total. The van der Waals surface area contributed by atoms with Crippen LogP contribution in [0.3, 0.4) is 0 Å². The molecular formula is C17H24N4O2. The predicted molar refractivity (Wildman–Crippen MR) is 89.4 cm³/mol. The summed E-state index contributed by atoms with van der Waals surface area (Å²) >= 11 is 0. The molecule has 0 bridgehead atoms. The minimum Gasteiger partial charge on any atom is -0.389 e. The largest absolute Gasteiger partial charge is 0.389 e. The molecule has 1 heterocycles. The molecule has 2 aromatic rings. The number of amides is 2. The summed E-state index contributed by atoms with van der Waals surface area (Å²) in [4.78, 5) is 13.8. The van der Waals surface area contributed by atoms with Crippen molar-refractivity contribution in [2.75, 3.05) is 13.6 Å². The lowest BCUT2D eigenvalue weighted by molar-refractivity contribution is 0.0528. The average Bonchev–Trinajstić information content (AvgIpc) is 2.99. The highest BCUT2D eigenvalue weighted by Gasteiger charge is 2.21. The molecule has 0 fully saturated rings. The summed E-state index contributed by atoms with van der Waals surface area (Å²) in [6.45, 7) is 5.53. The third-order valence-corrected chi connectivity index (χ3v) is 3.47. The van der Waals surface area contributed by atoms with E-state index in [0.717, 1.165) is 11.3 Å². The van der Waals surface area contributed by atoms with E-state index >= 15 is 0 Å². The molecule has 6 nitrogen and oxygen atoms in total. The molecule has 0 spiro atoms. The molecule has 1 atom stereocenters. The van der Waals surface area contributed by atoms with Crippen molar-refractivity contribution < 1.29 is 9.90 Å². The van der Waals surface area contributed by atoms with E-state index in [1.807, 2.05) is 43.5 Å². The fourth-order valence-electron chi connectivity index (χ4n) is 2.50. The second-order valence-electron chi connectivity index (χ2n) is 6.35. The zero-order valence-electron chi connectivity index (χ0n) is 14.0. The van der Waals surface area contributed by atoms with Crippen LogP contribution in [0, 0.1) is 0 Å². The van der Waals surface area contributed by atoms with Crippen LogP contribution in [0.25, 0.3) is 5.69 Å². The van der Waals surface area contributed by atoms with Crippen LogP contribution in [0.1, 0.15) is 32.4 Å². The number of para-hydroxylation sites is 1. The Hall–Kier alpha value is -2.34. The molecular weight excluding hydrogens is 292 g/mol. The van der Waals surface area contributed by atoms with Gasteiger partial charge in [0.15, 0.2) is 0 Å². The number of rotatable bonds is 5. The summed E-state index contributed by atoms with van der Waals surface area (Å²) in [6.07, 6.45) is 3.59. The molecule has 2 rings (SSSR count). The van der Waals surface area contributed by atoms with Crippen LogP contribution in [0.15, 0.2) is 42.7 Å². The quantitative estimate of drug-likeness (QED) is 0.889. The minimum atomic E-state index is -0.928. The van der Waals surface area contributed by atoms with E-state index in [0.29, 0.717) is 0 Å². The fourth-order valence-corrected chi connectivity index (χ4v) is 2.50. The van der Waals surface area contributed by atoms with Gasteiger partial charge in [0, 0.05) is 19.4 Å². The molecule has 0 aliphatic rings. The van der Waals surface area contributed by atoms with Gasteiger partial charge in [0.1, 0.15) is 0 Å². The van der Waals surface area contributed by atoms with Crippen molar-refractivity contribution >= 4 is 6.03 Å². The Balaban J connectivity index is 2.13. The van der Waals surface area contributed by atoms with Crippen LogP contribution in [0.5, 0.6) is 0 Å². The molecule has 0 radical (unpaired) electrons. The fraction of sp³-hybridized carbons (Fsp3) is 0.412. The molecule has 6 heteroatoms. The van der Waals surface area contributed by atoms with E-state index in [4.69, 9.17) is 0 Å². The number of aromatic nitrogens is 2. The van der Waals surface area contributed by atoms with Crippen LogP contribution < -0.4 is 5.32 Å². The molecule has 1 aromatic heterocycles. The first-order valence-corrected chi connectivity index (χ1v) is 7.61. The Morgan fingerprint density at radius 3 is 2.70 bits per heavy atom. The van der Waals surface area contributed by atoms with Crippen molar-refractivity contribution in [2.24, 2.45) is 0 Å². The predicted octanol–water partition coefficient (Wildman–Crippen LogP) is 2.35. The van der Waals surface area contributed by atoms with Gasteiger partial charge >= 0.3 is 6.03 Å². The SMILES string of the molecule is CC(NC(=O)N(C)CC(C)(C)O)c1ccccc1-n1cccn1. The van der Waals surface area contributed by atoms with Crippen LogP contribution in [0.4, 0.5) is 4.79 Å². The number of benzene rings is 1. The smallest absolute Gasteiger partial charge is 0.317 e. The zero-order chi connectivity index (χ0) is 17.0. The van der Waals surface area contributed by atoms with Gasteiger partial charge in [-0.2, -0.15) is 5.10 Å². The van der Waals surface area contributed by atoms with Crippen LogP contribution in [-0.2, 0) is 0 Å². The van der Waals surface area contributed by atoms with E-state index in [1.165, 1.54) is 4.90 Å². The van der Waals surface area contributed by atoms with Gasteiger partial charge in [-0.3, -0.25) is 0 Å². The van der Waals surface area contributed by atoms with Crippen molar-refractivity contribution in [1.82, 2.24) is 20.0 Å². The monoisotopic (exact) mass is 316 g/mol. The van der Waals surface area contributed by atoms with Crippen molar-refractivity contribution in [3.8, 4) is 5.69 Å². The summed E-state index contributed by atoms with van der Waals surface area (Å²) in [5.74, 6) is 0. The van der Waals surface area contributed by atoms with Crippen LogP contribution >= 0.6 is 0 Å². The van der Waals surface area contributed by atoms with Crippen LogP contribution in [0.2, 0.25) is 0 Å². The highest BCUT2D eigenvalue weighted by atomic mass is 16.3. The van der Waals surface area contributed by atoms with Crippen LogP contribution in [-0.4, -0.2) is 45.0 Å². The van der Waals surface area contributed by atoms with Gasteiger partial charge < -0.3 is 15.3 Å². The van der Waals surface area contributed by atoms with Gasteiger partial charge in [-0.15, -0.1) is 0 Å². The Morgan fingerprint density at radius 2 is 2.09 bits per heavy atom. The third-order valence-electron chi connectivity index (χ3n) is 3.47. The molecule has 124 valence electrons. The average molecular weight is 316 g/mol. The first-order chi connectivity index (χ1) is 10.8. The zero-order valence-corrected chi connectivity index (χ0v) is 14.0. The van der Waals surface area contributed by atoms with Crippen molar-refractivity contribution in [3.05, 3.63) is 48.3 Å². The highest BCUT2D eigenvalue weighted by molar-refractivity contribution is 5.74. The normalized spacial score (nSPS) is 12.7. The first-order valence-electron chi connectivity index (χ1n) is 7.61. The van der Waals surface area contributed by atoms with Gasteiger partial charge in [0.05, 0.1) is 23.9 Å². The molecule has 0 saturated heterocycles. The number of carbonyl (C=O) groups excluding carboxylic acids is 1. The maximum Gasteiger partial charge on any atom is 0.317 e. The number of nitrogens with zero attached hydrogens (tertiary/aromatic N) is 3. The number of likely N-dealkylation sites (N-methyl/N-ethyl adjacent to an activating group) is 1. The highest BCUT2D eigenvalue weighted by Crippen LogP contribution is 2.21. The minimum absolute atomic E-state index is 0.188. The third kappa shape index (κ3) is 4.56. The molecule has 2 amide bonds. The number of hydrogen-bond acceptors (Lipinski definition) is 3. The molecule has 23 heavy (non-hydrogen) atoms. The van der Waals surface area contributed by atoms with Gasteiger partial charge in [0.2, 0.25) is 0 Å². The number of aliphatic hydroxyl groups is 1. The van der Waals surface area contributed by atoms with Gasteiger partial charge in [-0.1, -0.05) is 18.2 Å². The first kappa shape index (κ1) is 17.0. The maximum absolute atomic E-state index is 12.3. The summed E-state index contributed by atoms with van der Waals surface area (Å²) in [5.41, 5.74) is 0.971. The number of hydrogen-bond donors (Lipinski definition) is 2. The topological polar surface area (TPSA) is 70.4 Å². The lowest BCUT2D eigenvalue weighted by atomic mass is 10.1. The van der Waals surface area contributed by atoms with E-state index in [9.17, 15) is 9.90 Å². The molecule has 0 saturated carbocycles. The van der Waals surface area contributed by atoms with Gasteiger partial charge in [-0.25, -0.2) is 9.48 Å². The molecule has 0 aliphatic carbocycles. The standard InChI is InChI=1S/C17H24N4O2/c1-13(19-16(22)20(4)12-17(2,3)23)14-8-5-6-9-15(14)21-11-7-10-18-21/h5-11,13,23H,12H2,1-4H3,(H,19,22). The van der Waals surface area contributed by atoms with Gasteiger partial charge in [0.25, 0.3) is 0 Å². The molecule has 1 aromatic carbocycles. The van der Waals surface area contributed by atoms with Crippen molar-refractivity contribution in [2.45, 2.75) is 32.4 Å². The van der Waals surface area contributed by atoms with E-state index in [2.05, 4.69) is 10.4 Å². The van der Waals surface area contributed by atoms with E-state index in [-0.39, 0.29) is 18.6 Å². The lowest BCUT2D eigenvalue weighted by Crippen LogP contribution is -2.45. The summed E-state index contributed by atoms with van der Waals surface area (Å²) in [6, 6.07) is 9.25. The molecule has 0 aliphatic heterocycles. The molecule has 1 unspecified atom stereocenters. The lowest BCUT2D eigenvalue weighted by Gasteiger charge is -2.27. The Kier molecular flexibility index (Phi) is 5.05. The van der Waals surface area contributed by atoms with E-state index in [1.54, 1.807) is 31.8 Å². The summed E-state index contributed by atoms with van der Waals surface area (Å²) in [5, 5.41) is 17.0. The summed E-state index contributed by atoms with van der Waals surface area (Å²) < 4.78 is 1.78. The Bertz CT molecular complexity index is 647. The Labute approximate surface area is 136 Å². The number of carbonyl (C=O) groups is 1. The second kappa shape index (κ2) is 6.83.